The monoisotopic (exact) mass is 270 g/mol. The average Bonchev–Trinajstić information content (AvgIpc) is 2.41. The molecule has 0 aliphatic heterocycles. The van der Waals surface area contributed by atoms with Crippen LogP contribution in [0.15, 0.2) is 12.2 Å². The quantitative estimate of drug-likeness (QED) is 0.379. The molecule has 2 nitrogen and oxygen atoms in total. The van der Waals surface area contributed by atoms with Gasteiger partial charge in [-0.25, -0.2) is 0 Å². The van der Waals surface area contributed by atoms with Crippen molar-refractivity contribution in [2.24, 2.45) is 0 Å². The van der Waals surface area contributed by atoms with Crippen LogP contribution in [0.1, 0.15) is 84.5 Å². The Morgan fingerprint density at radius 1 is 0.737 bits per heavy atom. The van der Waals surface area contributed by atoms with E-state index in [2.05, 4.69) is 19.9 Å². The van der Waals surface area contributed by atoms with Crippen LogP contribution in [0.25, 0.3) is 0 Å². The van der Waals surface area contributed by atoms with Gasteiger partial charge >= 0.3 is 0 Å². The van der Waals surface area contributed by atoms with E-state index in [9.17, 15) is 10.2 Å². The molecule has 0 amide bonds. The van der Waals surface area contributed by atoms with Gasteiger partial charge < -0.3 is 10.2 Å². The summed E-state index contributed by atoms with van der Waals surface area (Å²) in [5.74, 6) is 0. The molecule has 0 fully saturated rings. The van der Waals surface area contributed by atoms with Gasteiger partial charge in [-0.1, -0.05) is 70.9 Å². The maximum absolute atomic E-state index is 9.79. The Hall–Kier alpha value is -0.340. The first kappa shape index (κ1) is 18.7. The summed E-state index contributed by atoms with van der Waals surface area (Å²) >= 11 is 0. The summed E-state index contributed by atoms with van der Waals surface area (Å²) in [6.45, 7) is 4.37. The summed E-state index contributed by atoms with van der Waals surface area (Å²) in [5.41, 5.74) is 0. The number of allylic oxidation sites excluding steroid dienone is 1. The van der Waals surface area contributed by atoms with Crippen LogP contribution in [-0.4, -0.2) is 22.4 Å². The summed E-state index contributed by atoms with van der Waals surface area (Å²) < 4.78 is 0. The number of hydrogen-bond donors (Lipinski definition) is 2. The molecule has 0 bridgehead atoms. The van der Waals surface area contributed by atoms with Gasteiger partial charge in [-0.2, -0.15) is 0 Å². The van der Waals surface area contributed by atoms with Crippen molar-refractivity contribution in [3.8, 4) is 0 Å². The Labute approximate surface area is 119 Å². The summed E-state index contributed by atoms with van der Waals surface area (Å²) in [5, 5.41) is 19.5. The van der Waals surface area contributed by atoms with Crippen LogP contribution in [0.3, 0.4) is 0 Å². The first-order chi connectivity index (χ1) is 9.22. The van der Waals surface area contributed by atoms with E-state index in [1.807, 2.05) is 6.08 Å². The lowest BCUT2D eigenvalue weighted by Crippen LogP contribution is -2.25. The molecule has 0 aliphatic carbocycles. The number of hydrogen-bond acceptors (Lipinski definition) is 2. The van der Waals surface area contributed by atoms with E-state index in [-0.39, 0.29) is 0 Å². The SMILES string of the molecule is CCCCCCC/C=C/CC(O)C(O)CCCCC. The molecule has 0 aromatic rings. The molecular weight excluding hydrogens is 236 g/mol. The zero-order valence-electron chi connectivity index (χ0n) is 13.0. The van der Waals surface area contributed by atoms with E-state index in [1.54, 1.807) is 0 Å². The first-order valence-corrected chi connectivity index (χ1v) is 8.23. The van der Waals surface area contributed by atoms with E-state index in [4.69, 9.17) is 0 Å². The lowest BCUT2D eigenvalue weighted by molar-refractivity contribution is 0.0153. The molecule has 0 rings (SSSR count). The highest BCUT2D eigenvalue weighted by molar-refractivity contribution is 4.86. The third kappa shape index (κ3) is 12.4. The molecule has 0 saturated carbocycles. The van der Waals surface area contributed by atoms with Crippen molar-refractivity contribution < 1.29 is 10.2 Å². The van der Waals surface area contributed by atoms with Crippen LogP contribution >= 0.6 is 0 Å². The predicted octanol–water partition coefficient (Wildman–Crippen LogP) is 4.60. The molecule has 2 atom stereocenters. The van der Waals surface area contributed by atoms with Gasteiger partial charge in [0, 0.05) is 0 Å². The zero-order chi connectivity index (χ0) is 14.3. The van der Waals surface area contributed by atoms with Gasteiger partial charge in [0.25, 0.3) is 0 Å². The average molecular weight is 270 g/mol. The molecule has 0 heterocycles. The standard InChI is InChI=1S/C17H34O2/c1-3-5-7-8-9-10-11-13-15-17(19)16(18)14-12-6-4-2/h11,13,16-19H,3-10,12,14-15H2,1-2H3/b13-11+. The second kappa shape index (κ2) is 14.1. The van der Waals surface area contributed by atoms with Gasteiger partial charge in [-0.3, -0.25) is 0 Å². The van der Waals surface area contributed by atoms with Crippen LogP contribution in [0.4, 0.5) is 0 Å². The number of aliphatic hydroxyl groups is 2. The third-order valence-corrected chi connectivity index (χ3v) is 3.57. The number of unbranched alkanes of at least 4 members (excludes halogenated alkanes) is 7. The van der Waals surface area contributed by atoms with Crippen molar-refractivity contribution in [3.63, 3.8) is 0 Å². The van der Waals surface area contributed by atoms with Gasteiger partial charge in [0.2, 0.25) is 0 Å². The van der Waals surface area contributed by atoms with E-state index in [0.29, 0.717) is 6.42 Å². The molecular formula is C17H34O2. The molecule has 0 aliphatic rings. The van der Waals surface area contributed by atoms with Crippen LogP contribution in [-0.2, 0) is 0 Å². The summed E-state index contributed by atoms with van der Waals surface area (Å²) in [6.07, 6.45) is 15.2. The molecule has 114 valence electrons. The number of rotatable bonds is 13. The second-order valence-corrected chi connectivity index (χ2v) is 5.54. The van der Waals surface area contributed by atoms with E-state index in [1.165, 1.54) is 32.1 Å². The van der Waals surface area contributed by atoms with Gasteiger partial charge in [-0.05, 0) is 25.7 Å². The molecule has 0 radical (unpaired) electrons. The topological polar surface area (TPSA) is 40.5 Å². The number of aliphatic hydroxyl groups excluding tert-OH is 2. The largest absolute Gasteiger partial charge is 0.390 e. The minimum Gasteiger partial charge on any atom is -0.390 e. The highest BCUT2D eigenvalue weighted by atomic mass is 16.3. The van der Waals surface area contributed by atoms with Crippen molar-refractivity contribution in [3.05, 3.63) is 12.2 Å². The second-order valence-electron chi connectivity index (χ2n) is 5.54. The van der Waals surface area contributed by atoms with Crippen molar-refractivity contribution in [2.75, 3.05) is 0 Å². The summed E-state index contributed by atoms with van der Waals surface area (Å²) in [7, 11) is 0. The van der Waals surface area contributed by atoms with E-state index in [0.717, 1.165) is 32.1 Å². The molecule has 2 heteroatoms. The maximum atomic E-state index is 9.79. The third-order valence-electron chi connectivity index (χ3n) is 3.57. The van der Waals surface area contributed by atoms with Gasteiger partial charge in [-0.15, -0.1) is 0 Å². The van der Waals surface area contributed by atoms with Crippen molar-refractivity contribution in [1.29, 1.82) is 0 Å². The Kier molecular flexibility index (Phi) is 13.8. The summed E-state index contributed by atoms with van der Waals surface area (Å²) in [6, 6.07) is 0. The molecule has 0 spiro atoms. The van der Waals surface area contributed by atoms with E-state index >= 15 is 0 Å². The highest BCUT2D eigenvalue weighted by Gasteiger charge is 2.13. The van der Waals surface area contributed by atoms with Crippen molar-refractivity contribution in [2.45, 2.75) is 96.7 Å². The van der Waals surface area contributed by atoms with Crippen LogP contribution in [0, 0.1) is 0 Å². The van der Waals surface area contributed by atoms with Crippen LogP contribution in [0.5, 0.6) is 0 Å². The molecule has 2 unspecified atom stereocenters. The molecule has 2 N–H and O–H groups in total. The Morgan fingerprint density at radius 2 is 1.37 bits per heavy atom. The minimum absolute atomic E-state index is 0.555. The first-order valence-electron chi connectivity index (χ1n) is 8.23. The molecule has 19 heavy (non-hydrogen) atoms. The molecule has 0 aromatic carbocycles. The minimum atomic E-state index is -0.590. The van der Waals surface area contributed by atoms with Crippen molar-refractivity contribution in [1.82, 2.24) is 0 Å². The van der Waals surface area contributed by atoms with Crippen molar-refractivity contribution >= 4 is 0 Å². The van der Waals surface area contributed by atoms with E-state index < -0.39 is 12.2 Å². The Morgan fingerprint density at radius 3 is 2.05 bits per heavy atom. The lowest BCUT2D eigenvalue weighted by atomic mass is 10.0. The maximum Gasteiger partial charge on any atom is 0.0833 e. The Balaban J connectivity index is 3.46. The van der Waals surface area contributed by atoms with Gasteiger partial charge in [0.15, 0.2) is 0 Å². The predicted molar refractivity (Wildman–Crippen MR) is 83.3 cm³/mol. The van der Waals surface area contributed by atoms with Gasteiger partial charge in [0.1, 0.15) is 0 Å². The molecule has 0 aromatic heterocycles. The fourth-order valence-corrected chi connectivity index (χ4v) is 2.17. The fourth-order valence-electron chi connectivity index (χ4n) is 2.17. The highest BCUT2D eigenvalue weighted by Crippen LogP contribution is 2.10. The zero-order valence-corrected chi connectivity index (χ0v) is 13.0. The van der Waals surface area contributed by atoms with Crippen LogP contribution < -0.4 is 0 Å². The molecule has 0 saturated heterocycles. The fraction of sp³-hybridized carbons (Fsp3) is 0.882. The van der Waals surface area contributed by atoms with Crippen LogP contribution in [0.2, 0.25) is 0 Å². The Bertz CT molecular complexity index is 201. The van der Waals surface area contributed by atoms with Gasteiger partial charge in [0.05, 0.1) is 12.2 Å². The smallest absolute Gasteiger partial charge is 0.0833 e. The summed E-state index contributed by atoms with van der Waals surface area (Å²) in [4.78, 5) is 0. The lowest BCUT2D eigenvalue weighted by Gasteiger charge is -2.15. The normalized spacial score (nSPS) is 14.9.